The van der Waals surface area contributed by atoms with E-state index in [1.165, 1.54) is 25.7 Å². The number of hydrogen-bond acceptors (Lipinski definition) is 4. The smallest absolute Gasteiger partial charge is 0.170 e. The van der Waals surface area contributed by atoms with E-state index in [-0.39, 0.29) is 0 Å². The van der Waals surface area contributed by atoms with Crippen LogP contribution in [0.4, 0.5) is 0 Å². The van der Waals surface area contributed by atoms with Crippen molar-refractivity contribution in [3.63, 3.8) is 0 Å². The van der Waals surface area contributed by atoms with Crippen LogP contribution in [0.15, 0.2) is 28.8 Å². The molecule has 0 atom stereocenters. The van der Waals surface area contributed by atoms with E-state index in [2.05, 4.69) is 17.4 Å². The third-order valence-electron chi connectivity index (χ3n) is 4.00. The Bertz CT molecular complexity index is 576. The fourth-order valence-electron chi connectivity index (χ4n) is 2.57. The molecule has 1 aromatic carbocycles. The van der Waals surface area contributed by atoms with Crippen molar-refractivity contribution in [2.45, 2.75) is 52.5 Å². The SMILES string of the molecule is CCCCCCCOc1ccc(-c2onc(CNC)c2C)cc1. The Labute approximate surface area is 139 Å². The van der Waals surface area contributed by atoms with Crippen molar-refractivity contribution < 1.29 is 9.26 Å². The summed E-state index contributed by atoms with van der Waals surface area (Å²) >= 11 is 0. The van der Waals surface area contributed by atoms with E-state index >= 15 is 0 Å². The topological polar surface area (TPSA) is 47.3 Å². The lowest BCUT2D eigenvalue weighted by Crippen LogP contribution is -2.06. The Balaban J connectivity index is 1.87. The first-order chi connectivity index (χ1) is 11.3. The fraction of sp³-hybridized carbons (Fsp3) is 0.526. The van der Waals surface area contributed by atoms with Gasteiger partial charge in [-0.1, -0.05) is 37.8 Å². The summed E-state index contributed by atoms with van der Waals surface area (Å²) < 4.78 is 11.3. The van der Waals surface area contributed by atoms with Crippen molar-refractivity contribution >= 4 is 0 Å². The quantitative estimate of drug-likeness (QED) is 0.644. The van der Waals surface area contributed by atoms with Gasteiger partial charge in [0.15, 0.2) is 5.76 Å². The first-order valence-electron chi connectivity index (χ1n) is 8.59. The number of ether oxygens (including phenoxy) is 1. The van der Waals surface area contributed by atoms with Crippen LogP contribution in [-0.4, -0.2) is 18.8 Å². The molecule has 0 aliphatic carbocycles. The number of rotatable bonds is 10. The van der Waals surface area contributed by atoms with E-state index in [0.717, 1.165) is 41.4 Å². The minimum Gasteiger partial charge on any atom is -0.494 e. The fourth-order valence-corrected chi connectivity index (χ4v) is 2.57. The maximum Gasteiger partial charge on any atom is 0.170 e. The third kappa shape index (κ3) is 5.10. The number of aromatic nitrogens is 1. The Hall–Kier alpha value is -1.81. The van der Waals surface area contributed by atoms with Crippen LogP contribution in [0, 0.1) is 6.92 Å². The first kappa shape index (κ1) is 17.5. The van der Waals surface area contributed by atoms with Crippen molar-refractivity contribution in [2.75, 3.05) is 13.7 Å². The predicted molar refractivity (Wildman–Crippen MR) is 93.7 cm³/mol. The van der Waals surface area contributed by atoms with Crippen LogP contribution in [-0.2, 0) is 6.54 Å². The van der Waals surface area contributed by atoms with Crippen molar-refractivity contribution in [2.24, 2.45) is 0 Å². The molecule has 0 bridgehead atoms. The van der Waals surface area contributed by atoms with E-state index in [1.54, 1.807) is 0 Å². The van der Waals surface area contributed by atoms with Crippen molar-refractivity contribution in [3.8, 4) is 17.1 Å². The van der Waals surface area contributed by atoms with E-state index in [4.69, 9.17) is 9.26 Å². The van der Waals surface area contributed by atoms with Crippen molar-refractivity contribution in [1.29, 1.82) is 0 Å². The van der Waals surface area contributed by atoms with Gasteiger partial charge in [-0.3, -0.25) is 0 Å². The number of hydrogen-bond donors (Lipinski definition) is 1. The van der Waals surface area contributed by atoms with Gasteiger partial charge in [-0.2, -0.15) is 0 Å². The summed E-state index contributed by atoms with van der Waals surface area (Å²) in [6.45, 7) is 5.78. The molecule has 1 heterocycles. The number of unbranched alkanes of at least 4 members (excludes halogenated alkanes) is 4. The molecular formula is C19H28N2O2. The molecule has 0 aliphatic rings. The van der Waals surface area contributed by atoms with Crippen LogP contribution in [0.3, 0.4) is 0 Å². The summed E-state index contributed by atoms with van der Waals surface area (Å²) in [7, 11) is 1.90. The summed E-state index contributed by atoms with van der Waals surface area (Å²) in [6, 6.07) is 8.06. The Kier molecular flexibility index (Phi) is 7.14. The molecule has 0 saturated carbocycles. The molecule has 0 saturated heterocycles. The summed E-state index contributed by atoms with van der Waals surface area (Å²) in [5.41, 5.74) is 3.08. The lowest BCUT2D eigenvalue weighted by atomic mass is 10.1. The van der Waals surface area contributed by atoms with Gasteiger partial charge in [0.2, 0.25) is 0 Å². The number of nitrogens with zero attached hydrogens (tertiary/aromatic N) is 1. The lowest BCUT2D eigenvalue weighted by molar-refractivity contribution is 0.304. The molecule has 0 aliphatic heterocycles. The second-order valence-electron chi connectivity index (χ2n) is 5.90. The number of benzene rings is 1. The molecule has 0 spiro atoms. The zero-order valence-corrected chi connectivity index (χ0v) is 14.5. The molecule has 2 rings (SSSR count). The van der Waals surface area contributed by atoms with Crippen LogP contribution in [0.5, 0.6) is 5.75 Å². The van der Waals surface area contributed by atoms with Gasteiger partial charge in [0, 0.05) is 17.7 Å². The largest absolute Gasteiger partial charge is 0.494 e. The molecule has 4 nitrogen and oxygen atoms in total. The maximum absolute atomic E-state index is 5.79. The van der Waals surface area contributed by atoms with E-state index < -0.39 is 0 Å². The second kappa shape index (κ2) is 9.36. The summed E-state index contributed by atoms with van der Waals surface area (Å²) in [6.07, 6.45) is 6.27. The summed E-state index contributed by atoms with van der Waals surface area (Å²) in [4.78, 5) is 0. The lowest BCUT2D eigenvalue weighted by Gasteiger charge is -2.06. The van der Waals surface area contributed by atoms with Gasteiger partial charge < -0.3 is 14.6 Å². The monoisotopic (exact) mass is 316 g/mol. The second-order valence-corrected chi connectivity index (χ2v) is 5.90. The zero-order valence-electron chi connectivity index (χ0n) is 14.5. The average Bonchev–Trinajstić information content (AvgIpc) is 2.93. The van der Waals surface area contributed by atoms with Gasteiger partial charge in [0.25, 0.3) is 0 Å². The van der Waals surface area contributed by atoms with Crippen LogP contribution in [0.25, 0.3) is 11.3 Å². The minimum atomic E-state index is 0.717. The van der Waals surface area contributed by atoms with Gasteiger partial charge in [0.1, 0.15) is 11.4 Å². The highest BCUT2D eigenvalue weighted by molar-refractivity contribution is 5.62. The molecule has 0 fully saturated rings. The molecule has 1 aromatic heterocycles. The Morgan fingerprint density at radius 2 is 1.83 bits per heavy atom. The predicted octanol–water partition coefficient (Wildman–Crippen LogP) is 4.72. The zero-order chi connectivity index (χ0) is 16.5. The van der Waals surface area contributed by atoms with Crippen LogP contribution < -0.4 is 10.1 Å². The molecule has 126 valence electrons. The average molecular weight is 316 g/mol. The molecule has 0 amide bonds. The van der Waals surface area contributed by atoms with Crippen LogP contribution >= 0.6 is 0 Å². The normalized spacial score (nSPS) is 10.9. The highest BCUT2D eigenvalue weighted by Crippen LogP contribution is 2.27. The Morgan fingerprint density at radius 1 is 1.09 bits per heavy atom. The molecule has 2 aromatic rings. The van der Waals surface area contributed by atoms with Crippen molar-refractivity contribution in [1.82, 2.24) is 10.5 Å². The molecule has 0 radical (unpaired) electrons. The minimum absolute atomic E-state index is 0.717. The number of nitrogens with one attached hydrogen (secondary N) is 1. The van der Waals surface area contributed by atoms with Gasteiger partial charge >= 0.3 is 0 Å². The van der Waals surface area contributed by atoms with E-state index in [9.17, 15) is 0 Å². The molecule has 4 heteroatoms. The summed E-state index contributed by atoms with van der Waals surface area (Å²) in [5.74, 6) is 1.75. The van der Waals surface area contributed by atoms with Gasteiger partial charge in [0.05, 0.1) is 6.61 Å². The molecule has 0 unspecified atom stereocenters. The highest BCUT2D eigenvalue weighted by Gasteiger charge is 2.13. The first-order valence-corrected chi connectivity index (χ1v) is 8.59. The van der Waals surface area contributed by atoms with Gasteiger partial charge in [-0.15, -0.1) is 0 Å². The van der Waals surface area contributed by atoms with Gasteiger partial charge in [-0.25, -0.2) is 0 Å². The van der Waals surface area contributed by atoms with Crippen LogP contribution in [0.2, 0.25) is 0 Å². The maximum atomic E-state index is 5.79. The van der Waals surface area contributed by atoms with E-state index in [1.807, 2.05) is 38.2 Å². The van der Waals surface area contributed by atoms with Crippen molar-refractivity contribution in [3.05, 3.63) is 35.5 Å². The van der Waals surface area contributed by atoms with Gasteiger partial charge in [-0.05, 0) is 44.7 Å². The standard InChI is InChI=1S/C19H28N2O2/c1-4-5-6-7-8-13-22-17-11-9-16(10-12-17)19-15(2)18(14-20-3)21-23-19/h9-12,20H,4-8,13-14H2,1-3H3. The third-order valence-corrected chi connectivity index (χ3v) is 4.00. The van der Waals surface area contributed by atoms with Crippen LogP contribution in [0.1, 0.15) is 50.3 Å². The molecular weight excluding hydrogens is 288 g/mol. The Morgan fingerprint density at radius 3 is 2.52 bits per heavy atom. The molecule has 1 N–H and O–H groups in total. The molecule has 23 heavy (non-hydrogen) atoms. The highest BCUT2D eigenvalue weighted by atomic mass is 16.5. The van der Waals surface area contributed by atoms with E-state index in [0.29, 0.717) is 6.54 Å². The summed E-state index contributed by atoms with van der Waals surface area (Å²) in [5, 5.41) is 7.22.